The van der Waals surface area contributed by atoms with Crippen LogP contribution in [0.5, 0.6) is 5.75 Å². The molecule has 7 nitrogen and oxygen atoms in total. The maximum atomic E-state index is 13.3. The monoisotopic (exact) mass is 448 g/mol. The second-order valence-corrected chi connectivity index (χ2v) is 8.37. The molecule has 3 N–H and O–H groups in total. The van der Waals surface area contributed by atoms with Gasteiger partial charge in [0.15, 0.2) is 0 Å². The third-order valence-electron chi connectivity index (χ3n) is 5.98. The van der Waals surface area contributed by atoms with Crippen LogP contribution in [0.1, 0.15) is 31.2 Å². The molecule has 1 amide bonds. The van der Waals surface area contributed by atoms with Crippen LogP contribution in [0.4, 0.5) is 5.69 Å². The second-order valence-electron chi connectivity index (χ2n) is 8.37. The summed E-state index contributed by atoms with van der Waals surface area (Å²) in [7, 11) is 0. The number of benzene rings is 2. The van der Waals surface area contributed by atoms with Gasteiger partial charge in [-0.15, -0.1) is 0 Å². The van der Waals surface area contributed by atoms with Crippen LogP contribution in [0.2, 0.25) is 0 Å². The van der Waals surface area contributed by atoms with E-state index in [2.05, 4.69) is 10.6 Å². The molecule has 0 aromatic heterocycles. The molecule has 1 saturated carbocycles. The summed E-state index contributed by atoms with van der Waals surface area (Å²) in [6.07, 6.45) is 5.37. The SMILES string of the molecule is N=C/C(=C(/OC1CCCC1)C(=O)Nc1ccc(OCc2ccccc2)cc1)N1CCNCC1. The molecule has 1 aliphatic carbocycles. The lowest BCUT2D eigenvalue weighted by Gasteiger charge is -2.31. The van der Waals surface area contributed by atoms with Gasteiger partial charge in [0, 0.05) is 38.1 Å². The highest BCUT2D eigenvalue weighted by Crippen LogP contribution is 2.26. The van der Waals surface area contributed by atoms with Gasteiger partial charge in [0.1, 0.15) is 18.1 Å². The molecule has 33 heavy (non-hydrogen) atoms. The zero-order valence-corrected chi connectivity index (χ0v) is 18.9. The lowest BCUT2D eigenvalue weighted by atomic mass is 10.2. The molecule has 0 bridgehead atoms. The standard InChI is InChI=1S/C26H32N4O3/c27-18-24(30-16-14-28-15-17-30)25(33-23-8-4-5-9-23)26(31)29-21-10-12-22(13-11-21)32-19-20-6-2-1-3-7-20/h1-3,6-7,10-13,18,23,27-28H,4-5,8-9,14-17,19H2,(H,29,31)/b25-24-,27-18?. The molecule has 0 spiro atoms. The normalized spacial score (nSPS) is 17.3. The summed E-state index contributed by atoms with van der Waals surface area (Å²) in [5, 5.41) is 14.3. The number of ether oxygens (including phenoxy) is 2. The van der Waals surface area contributed by atoms with Gasteiger partial charge >= 0.3 is 0 Å². The number of carbonyl (C=O) groups excluding carboxylic acids is 1. The van der Waals surface area contributed by atoms with Gasteiger partial charge in [0.25, 0.3) is 5.91 Å². The van der Waals surface area contributed by atoms with Crippen LogP contribution in [0.3, 0.4) is 0 Å². The Kier molecular flexibility index (Phi) is 7.98. The van der Waals surface area contributed by atoms with E-state index in [1.165, 1.54) is 6.21 Å². The average molecular weight is 449 g/mol. The van der Waals surface area contributed by atoms with Crippen LogP contribution < -0.4 is 15.4 Å². The fraction of sp³-hybridized carbons (Fsp3) is 0.385. The van der Waals surface area contributed by atoms with Crippen LogP contribution in [-0.4, -0.2) is 49.3 Å². The minimum Gasteiger partial charge on any atom is -0.489 e. The van der Waals surface area contributed by atoms with Crippen molar-refractivity contribution in [2.24, 2.45) is 0 Å². The number of allylic oxidation sites excluding steroid dienone is 1. The van der Waals surface area contributed by atoms with Gasteiger partial charge in [-0.05, 0) is 55.5 Å². The van der Waals surface area contributed by atoms with Gasteiger partial charge < -0.3 is 30.4 Å². The van der Waals surface area contributed by atoms with E-state index in [-0.39, 0.29) is 17.8 Å². The first kappa shape index (κ1) is 22.9. The Morgan fingerprint density at radius 2 is 1.76 bits per heavy atom. The van der Waals surface area contributed by atoms with Crippen molar-refractivity contribution in [1.82, 2.24) is 10.2 Å². The molecule has 2 fully saturated rings. The number of hydrogen-bond acceptors (Lipinski definition) is 6. The maximum Gasteiger partial charge on any atom is 0.293 e. The fourth-order valence-electron chi connectivity index (χ4n) is 4.17. The number of amides is 1. The Morgan fingerprint density at radius 3 is 2.42 bits per heavy atom. The smallest absolute Gasteiger partial charge is 0.293 e. The largest absolute Gasteiger partial charge is 0.489 e. The number of anilines is 1. The van der Waals surface area contributed by atoms with Crippen molar-refractivity contribution >= 4 is 17.8 Å². The molecule has 2 aliphatic rings. The molecule has 0 atom stereocenters. The lowest BCUT2D eigenvalue weighted by molar-refractivity contribution is -0.117. The summed E-state index contributed by atoms with van der Waals surface area (Å²) in [6, 6.07) is 17.3. The summed E-state index contributed by atoms with van der Waals surface area (Å²) in [6.45, 7) is 3.61. The zero-order valence-electron chi connectivity index (χ0n) is 18.9. The van der Waals surface area contributed by atoms with Gasteiger partial charge in [-0.3, -0.25) is 4.79 Å². The summed E-state index contributed by atoms with van der Waals surface area (Å²) in [4.78, 5) is 15.3. The first-order valence-corrected chi connectivity index (χ1v) is 11.7. The van der Waals surface area contributed by atoms with E-state index >= 15 is 0 Å². The van der Waals surface area contributed by atoms with Crippen LogP contribution in [-0.2, 0) is 16.1 Å². The van der Waals surface area contributed by atoms with Crippen molar-refractivity contribution in [3.8, 4) is 5.75 Å². The predicted molar refractivity (Wildman–Crippen MR) is 129 cm³/mol. The fourth-order valence-corrected chi connectivity index (χ4v) is 4.17. The topological polar surface area (TPSA) is 86.7 Å². The van der Waals surface area contributed by atoms with Gasteiger partial charge in [-0.25, -0.2) is 0 Å². The molecule has 174 valence electrons. The molecular formula is C26H32N4O3. The summed E-state index contributed by atoms with van der Waals surface area (Å²) in [5.74, 6) is 0.649. The van der Waals surface area contributed by atoms with Gasteiger partial charge in [-0.1, -0.05) is 30.3 Å². The lowest BCUT2D eigenvalue weighted by Crippen LogP contribution is -2.44. The highest BCUT2D eigenvalue weighted by Gasteiger charge is 2.27. The first-order chi connectivity index (χ1) is 16.2. The molecule has 1 saturated heterocycles. The third kappa shape index (κ3) is 6.35. The van der Waals surface area contributed by atoms with Crippen LogP contribution in [0.25, 0.3) is 0 Å². The van der Waals surface area contributed by atoms with Crippen molar-refractivity contribution < 1.29 is 14.3 Å². The summed E-state index contributed by atoms with van der Waals surface area (Å²) < 4.78 is 12.0. The maximum absolute atomic E-state index is 13.3. The van der Waals surface area contributed by atoms with Gasteiger partial charge in [-0.2, -0.15) is 0 Å². The van der Waals surface area contributed by atoms with E-state index in [4.69, 9.17) is 14.9 Å². The van der Waals surface area contributed by atoms with Crippen molar-refractivity contribution in [3.63, 3.8) is 0 Å². The Bertz CT molecular complexity index is 947. The number of piperazine rings is 1. The quantitative estimate of drug-likeness (QED) is 0.307. The number of nitrogens with zero attached hydrogens (tertiary/aromatic N) is 1. The molecule has 7 heteroatoms. The molecule has 0 unspecified atom stereocenters. The van der Waals surface area contributed by atoms with Crippen molar-refractivity contribution in [1.29, 1.82) is 5.41 Å². The molecule has 2 aromatic carbocycles. The average Bonchev–Trinajstić information content (AvgIpc) is 3.38. The Morgan fingerprint density at radius 1 is 1.06 bits per heavy atom. The third-order valence-corrected chi connectivity index (χ3v) is 5.98. The number of rotatable bonds is 9. The molecule has 1 heterocycles. The highest BCUT2D eigenvalue weighted by molar-refractivity contribution is 6.05. The second kappa shape index (κ2) is 11.5. The Labute approximate surface area is 195 Å². The minimum atomic E-state index is -0.322. The number of nitrogens with one attached hydrogen (secondary N) is 3. The van der Waals surface area contributed by atoms with E-state index in [1.807, 2.05) is 59.5 Å². The van der Waals surface area contributed by atoms with Crippen molar-refractivity contribution in [3.05, 3.63) is 71.6 Å². The van der Waals surface area contributed by atoms with Crippen LogP contribution in [0.15, 0.2) is 66.1 Å². The van der Waals surface area contributed by atoms with E-state index in [0.29, 0.717) is 18.0 Å². The predicted octanol–water partition coefficient (Wildman–Crippen LogP) is 3.93. The summed E-state index contributed by atoms with van der Waals surface area (Å²) in [5.41, 5.74) is 2.30. The molecule has 2 aromatic rings. The van der Waals surface area contributed by atoms with E-state index < -0.39 is 0 Å². The van der Waals surface area contributed by atoms with Crippen molar-refractivity contribution in [2.75, 3.05) is 31.5 Å². The Hall–Kier alpha value is -3.32. The van der Waals surface area contributed by atoms with E-state index in [9.17, 15) is 4.79 Å². The molecule has 1 aliphatic heterocycles. The molecule has 4 rings (SSSR count). The van der Waals surface area contributed by atoms with Crippen molar-refractivity contribution in [2.45, 2.75) is 38.4 Å². The van der Waals surface area contributed by atoms with E-state index in [1.54, 1.807) is 0 Å². The minimum absolute atomic E-state index is 0.0254. The number of hydrogen-bond donors (Lipinski definition) is 3. The number of carbonyl (C=O) groups is 1. The van der Waals surface area contributed by atoms with E-state index in [0.717, 1.165) is 63.2 Å². The zero-order chi connectivity index (χ0) is 22.9. The first-order valence-electron chi connectivity index (χ1n) is 11.7. The Balaban J connectivity index is 1.45. The van der Waals surface area contributed by atoms with Crippen LogP contribution >= 0.6 is 0 Å². The van der Waals surface area contributed by atoms with Gasteiger partial charge in [0.05, 0.1) is 6.10 Å². The van der Waals surface area contributed by atoms with Crippen LogP contribution in [0, 0.1) is 5.41 Å². The summed E-state index contributed by atoms with van der Waals surface area (Å²) >= 11 is 0. The highest BCUT2D eigenvalue weighted by atomic mass is 16.5. The van der Waals surface area contributed by atoms with Gasteiger partial charge in [0.2, 0.25) is 5.76 Å². The molecule has 0 radical (unpaired) electrons. The molecular weight excluding hydrogens is 416 g/mol.